The molecule has 0 aliphatic rings. The van der Waals surface area contributed by atoms with Gasteiger partial charge in [-0.2, -0.15) is 15.8 Å². The van der Waals surface area contributed by atoms with Crippen LogP contribution in [-0.4, -0.2) is 9.13 Å². The van der Waals surface area contributed by atoms with Crippen molar-refractivity contribution in [3.8, 4) is 51.8 Å². The van der Waals surface area contributed by atoms with Crippen LogP contribution >= 0.6 is 0 Å². The summed E-state index contributed by atoms with van der Waals surface area (Å²) in [5.74, 6) is 0. The molecule has 0 bridgehead atoms. The van der Waals surface area contributed by atoms with Gasteiger partial charge in [-0.3, -0.25) is 0 Å². The molecule has 9 aromatic rings. The Hall–Kier alpha value is -7.39. The molecule has 9 rings (SSSR count). The van der Waals surface area contributed by atoms with Crippen molar-refractivity contribution in [1.29, 1.82) is 15.8 Å². The van der Waals surface area contributed by atoms with E-state index in [1.165, 1.54) is 10.8 Å². The highest BCUT2D eigenvalue weighted by Gasteiger charge is 2.17. The van der Waals surface area contributed by atoms with E-state index in [1.807, 2.05) is 48.5 Å². The van der Waals surface area contributed by atoms with Crippen molar-refractivity contribution in [3.63, 3.8) is 0 Å². The van der Waals surface area contributed by atoms with Gasteiger partial charge in [0.1, 0.15) is 0 Å². The number of hydrogen-bond donors (Lipinski definition) is 0. The van der Waals surface area contributed by atoms with Crippen LogP contribution in [0, 0.1) is 34.0 Å². The maximum atomic E-state index is 9.84. The average Bonchev–Trinajstić information content (AvgIpc) is 3.69. The lowest BCUT2D eigenvalue weighted by molar-refractivity contribution is 1.18. The molecule has 0 N–H and O–H groups in total. The second-order valence-electron chi connectivity index (χ2n) is 12.4. The molecule has 2 aromatic heterocycles. The number of fused-ring (bicyclic) bond motifs is 6. The highest BCUT2D eigenvalue weighted by molar-refractivity contribution is 6.11. The summed E-state index contributed by atoms with van der Waals surface area (Å²) in [6.45, 7) is 0. The van der Waals surface area contributed by atoms with E-state index in [0.717, 1.165) is 66.5 Å². The third-order valence-corrected chi connectivity index (χ3v) is 9.63. The summed E-state index contributed by atoms with van der Waals surface area (Å²) in [7, 11) is 0. The van der Waals surface area contributed by atoms with Gasteiger partial charge < -0.3 is 9.13 Å². The quantitative estimate of drug-likeness (QED) is 0.193. The summed E-state index contributed by atoms with van der Waals surface area (Å²) >= 11 is 0. The summed E-state index contributed by atoms with van der Waals surface area (Å²) in [4.78, 5) is 0. The summed E-state index contributed by atoms with van der Waals surface area (Å²) in [6, 6.07) is 58.0. The van der Waals surface area contributed by atoms with Crippen LogP contribution in [-0.2, 0) is 0 Å². The first-order chi connectivity index (χ1) is 24.6. The van der Waals surface area contributed by atoms with Gasteiger partial charge in [-0.15, -0.1) is 0 Å². The predicted molar refractivity (Wildman–Crippen MR) is 200 cm³/mol. The molecule has 0 radical (unpaired) electrons. The fourth-order valence-electron chi connectivity index (χ4n) is 7.30. The predicted octanol–water partition coefficient (Wildman–Crippen LogP) is 10.8. The van der Waals surface area contributed by atoms with Crippen molar-refractivity contribution in [2.75, 3.05) is 0 Å². The van der Waals surface area contributed by atoms with Gasteiger partial charge in [-0.25, -0.2) is 0 Å². The number of hydrogen-bond acceptors (Lipinski definition) is 3. The van der Waals surface area contributed by atoms with Gasteiger partial charge in [-0.05, 0) is 89.5 Å². The molecular formula is C45H25N5. The molecule has 0 saturated carbocycles. The fourth-order valence-corrected chi connectivity index (χ4v) is 7.30. The van der Waals surface area contributed by atoms with E-state index in [2.05, 4.69) is 130 Å². The Kier molecular flexibility index (Phi) is 6.56. The monoisotopic (exact) mass is 635 g/mol. The highest BCUT2D eigenvalue weighted by atomic mass is 15.0. The lowest BCUT2D eigenvalue weighted by atomic mass is 9.97. The van der Waals surface area contributed by atoms with Crippen LogP contribution < -0.4 is 0 Å². The summed E-state index contributed by atoms with van der Waals surface area (Å²) in [5.41, 5.74) is 12.1. The van der Waals surface area contributed by atoms with Crippen LogP contribution in [0.5, 0.6) is 0 Å². The topological polar surface area (TPSA) is 81.2 Å². The van der Waals surface area contributed by atoms with Gasteiger partial charge >= 0.3 is 0 Å². The van der Waals surface area contributed by atoms with Crippen molar-refractivity contribution in [1.82, 2.24) is 9.13 Å². The van der Waals surface area contributed by atoms with E-state index in [-0.39, 0.29) is 0 Å². The van der Waals surface area contributed by atoms with Gasteiger partial charge in [0.2, 0.25) is 0 Å². The number of nitriles is 3. The standard InChI is InChI=1S/C45H25N5/c46-26-29-10-21-43(50-41-7-3-1-5-36(41)37-6-2-4-8-42(37)50)39(23-29)34-14-12-32(13-15-34)33-16-18-35(19-17-33)49-44-22-11-30(27-47)24-40(44)38-20-9-31(28-48)25-45(38)49/h1-25H. The van der Waals surface area contributed by atoms with Crippen molar-refractivity contribution >= 4 is 43.6 Å². The minimum absolute atomic E-state index is 0.584. The summed E-state index contributed by atoms with van der Waals surface area (Å²) in [5, 5.41) is 33.4. The van der Waals surface area contributed by atoms with E-state index >= 15 is 0 Å². The van der Waals surface area contributed by atoms with Gasteiger partial charge in [-0.1, -0.05) is 78.9 Å². The number of nitrogens with zero attached hydrogens (tertiary/aromatic N) is 5. The smallest absolute Gasteiger partial charge is 0.0992 e. The fraction of sp³-hybridized carbons (Fsp3) is 0. The largest absolute Gasteiger partial charge is 0.309 e. The Balaban J connectivity index is 1.12. The second-order valence-corrected chi connectivity index (χ2v) is 12.4. The molecule has 5 heteroatoms. The van der Waals surface area contributed by atoms with E-state index < -0.39 is 0 Å². The van der Waals surface area contributed by atoms with Crippen molar-refractivity contribution < 1.29 is 0 Å². The Labute approximate surface area is 287 Å². The maximum Gasteiger partial charge on any atom is 0.0992 e. The highest BCUT2D eigenvalue weighted by Crippen LogP contribution is 2.38. The Morgan fingerprint density at radius 3 is 1.52 bits per heavy atom. The summed E-state index contributed by atoms with van der Waals surface area (Å²) < 4.78 is 4.45. The molecular weight excluding hydrogens is 611 g/mol. The molecule has 0 aliphatic heterocycles. The van der Waals surface area contributed by atoms with Crippen LogP contribution in [0.4, 0.5) is 0 Å². The average molecular weight is 636 g/mol. The van der Waals surface area contributed by atoms with Gasteiger partial charge in [0, 0.05) is 32.8 Å². The Morgan fingerprint density at radius 2 is 0.860 bits per heavy atom. The lowest BCUT2D eigenvalue weighted by Gasteiger charge is -2.15. The van der Waals surface area contributed by atoms with Crippen molar-refractivity contribution in [2.24, 2.45) is 0 Å². The third-order valence-electron chi connectivity index (χ3n) is 9.63. The third kappa shape index (κ3) is 4.45. The van der Waals surface area contributed by atoms with Crippen molar-refractivity contribution in [3.05, 3.63) is 168 Å². The molecule has 0 fully saturated rings. The van der Waals surface area contributed by atoms with Crippen LogP contribution in [0.3, 0.4) is 0 Å². The number of rotatable bonds is 4. The van der Waals surface area contributed by atoms with Crippen LogP contribution in [0.25, 0.3) is 77.2 Å². The van der Waals surface area contributed by atoms with Gasteiger partial charge in [0.05, 0.1) is 62.7 Å². The van der Waals surface area contributed by atoms with E-state index in [4.69, 9.17) is 0 Å². The number of aromatic nitrogens is 2. The molecule has 2 heterocycles. The molecule has 5 nitrogen and oxygen atoms in total. The summed E-state index contributed by atoms with van der Waals surface area (Å²) in [6.07, 6.45) is 0. The van der Waals surface area contributed by atoms with Gasteiger partial charge in [0.15, 0.2) is 0 Å². The minimum Gasteiger partial charge on any atom is -0.309 e. The first-order valence-corrected chi connectivity index (χ1v) is 16.3. The van der Waals surface area contributed by atoms with E-state index in [0.29, 0.717) is 16.7 Å². The molecule has 50 heavy (non-hydrogen) atoms. The molecule has 230 valence electrons. The first kappa shape index (κ1) is 28.8. The Morgan fingerprint density at radius 1 is 0.360 bits per heavy atom. The zero-order chi connectivity index (χ0) is 33.8. The lowest BCUT2D eigenvalue weighted by Crippen LogP contribution is -1.98. The maximum absolute atomic E-state index is 9.84. The molecule has 0 saturated heterocycles. The SMILES string of the molecule is N#Cc1ccc(-n2c3ccccc3c3ccccc32)c(-c2ccc(-c3ccc(-n4c5ccc(C#N)cc5c5ccc(C#N)cc54)cc3)cc2)c1. The van der Waals surface area contributed by atoms with E-state index in [1.54, 1.807) is 0 Å². The number of benzene rings is 7. The molecule has 0 atom stereocenters. The molecule has 7 aromatic carbocycles. The second kappa shape index (κ2) is 11.4. The van der Waals surface area contributed by atoms with Gasteiger partial charge in [0.25, 0.3) is 0 Å². The zero-order valence-corrected chi connectivity index (χ0v) is 26.7. The molecule has 0 spiro atoms. The first-order valence-electron chi connectivity index (χ1n) is 16.3. The molecule has 0 amide bonds. The normalized spacial score (nSPS) is 11.1. The Bertz CT molecular complexity index is 2890. The van der Waals surface area contributed by atoms with Crippen LogP contribution in [0.2, 0.25) is 0 Å². The van der Waals surface area contributed by atoms with E-state index in [9.17, 15) is 15.8 Å². The van der Waals surface area contributed by atoms with Crippen LogP contribution in [0.15, 0.2) is 152 Å². The van der Waals surface area contributed by atoms with Crippen molar-refractivity contribution in [2.45, 2.75) is 0 Å². The molecule has 0 unspecified atom stereocenters. The minimum atomic E-state index is 0.584. The number of para-hydroxylation sites is 2. The van der Waals surface area contributed by atoms with Crippen LogP contribution in [0.1, 0.15) is 16.7 Å². The zero-order valence-electron chi connectivity index (χ0n) is 26.7. The molecule has 0 aliphatic carbocycles.